The van der Waals surface area contributed by atoms with Gasteiger partial charge >= 0.3 is 11.9 Å². The summed E-state index contributed by atoms with van der Waals surface area (Å²) in [4.78, 5) is 23.4. The molecule has 0 spiro atoms. The molecule has 1 aromatic rings. The van der Waals surface area contributed by atoms with E-state index < -0.39 is 4.51 Å². The molecule has 0 aliphatic heterocycles. The van der Waals surface area contributed by atoms with Crippen molar-refractivity contribution in [1.82, 2.24) is 0 Å². The molecule has 0 saturated heterocycles. The van der Waals surface area contributed by atoms with Crippen LogP contribution in [0.2, 0.25) is 0 Å². The summed E-state index contributed by atoms with van der Waals surface area (Å²) in [6.45, 7) is 7.62. The van der Waals surface area contributed by atoms with Gasteiger partial charge in [-0.2, -0.15) is 0 Å². The molecule has 0 N–H and O–H groups in total. The van der Waals surface area contributed by atoms with E-state index in [1.165, 1.54) is 0 Å². The molecule has 0 atom stereocenters. The molecule has 24 heavy (non-hydrogen) atoms. The molecule has 0 aromatic heterocycles. The quantitative estimate of drug-likeness (QED) is 0.313. The Kier molecular flexibility index (Phi) is 8.76. The van der Waals surface area contributed by atoms with Crippen LogP contribution < -0.4 is 0 Å². The van der Waals surface area contributed by atoms with E-state index in [1.807, 2.05) is 12.1 Å². The Morgan fingerprint density at radius 1 is 1.12 bits per heavy atom. The normalized spacial score (nSPS) is 11.0. The number of carbonyl (C=O) groups is 2. The number of esters is 2. The highest BCUT2D eigenvalue weighted by Crippen LogP contribution is 2.18. The standard InChI is InChI=1S/C19H25BrO4/c1-4-15-10-12-16(13-11-15)18(22)23-14-8-6-5-7-9-17(21)24-19(2,3)20/h4,10-13H,1,5-9,14H2,2-3H3. The van der Waals surface area contributed by atoms with Crippen LogP contribution in [0.4, 0.5) is 0 Å². The Morgan fingerprint density at radius 3 is 2.33 bits per heavy atom. The molecule has 0 amide bonds. The SMILES string of the molecule is C=Cc1ccc(C(=O)OCCCCCCC(=O)OC(C)(C)Br)cc1. The van der Waals surface area contributed by atoms with Crippen molar-refractivity contribution < 1.29 is 19.1 Å². The predicted molar refractivity (Wildman–Crippen MR) is 99.0 cm³/mol. The first kappa shape index (κ1) is 20.4. The number of carbonyl (C=O) groups excluding carboxylic acids is 2. The number of benzene rings is 1. The van der Waals surface area contributed by atoms with Gasteiger partial charge < -0.3 is 9.47 Å². The Labute approximate surface area is 152 Å². The van der Waals surface area contributed by atoms with Gasteiger partial charge in [0.2, 0.25) is 0 Å². The van der Waals surface area contributed by atoms with Gasteiger partial charge in [0, 0.05) is 6.42 Å². The molecular weight excluding hydrogens is 372 g/mol. The molecule has 0 unspecified atom stereocenters. The summed E-state index contributed by atoms with van der Waals surface area (Å²) in [6.07, 6.45) is 5.51. The van der Waals surface area contributed by atoms with Crippen molar-refractivity contribution in [2.45, 2.75) is 50.5 Å². The van der Waals surface area contributed by atoms with Gasteiger partial charge in [0.1, 0.15) is 0 Å². The van der Waals surface area contributed by atoms with Crippen LogP contribution >= 0.6 is 15.9 Å². The van der Waals surface area contributed by atoms with Crippen LogP contribution in [0.5, 0.6) is 0 Å². The Bertz CT molecular complexity index is 543. The molecule has 0 saturated carbocycles. The number of ether oxygens (including phenoxy) is 2. The first-order valence-corrected chi connectivity index (χ1v) is 8.91. The highest BCUT2D eigenvalue weighted by molar-refractivity contribution is 9.10. The lowest BCUT2D eigenvalue weighted by atomic mass is 10.1. The summed E-state index contributed by atoms with van der Waals surface area (Å²) in [5, 5.41) is 0. The smallest absolute Gasteiger partial charge is 0.338 e. The molecule has 132 valence electrons. The molecule has 0 fully saturated rings. The fourth-order valence-electron chi connectivity index (χ4n) is 2.05. The van der Waals surface area contributed by atoms with Crippen LogP contribution in [0.1, 0.15) is 61.9 Å². The second-order valence-electron chi connectivity index (χ2n) is 5.96. The second kappa shape index (κ2) is 10.3. The van der Waals surface area contributed by atoms with Gasteiger partial charge in [-0.15, -0.1) is 0 Å². The molecule has 0 bridgehead atoms. The van der Waals surface area contributed by atoms with Crippen molar-refractivity contribution >= 4 is 33.9 Å². The van der Waals surface area contributed by atoms with Crippen molar-refractivity contribution in [3.05, 3.63) is 42.0 Å². The number of hydrogen-bond donors (Lipinski definition) is 0. The van der Waals surface area contributed by atoms with Crippen LogP contribution in [-0.4, -0.2) is 23.1 Å². The summed E-state index contributed by atoms with van der Waals surface area (Å²) < 4.78 is 9.79. The van der Waals surface area contributed by atoms with Gasteiger partial charge in [-0.05, 0) is 60.3 Å². The number of alkyl halides is 1. The maximum atomic E-state index is 11.8. The lowest BCUT2D eigenvalue weighted by Crippen LogP contribution is -2.20. The fraction of sp³-hybridized carbons (Fsp3) is 0.474. The van der Waals surface area contributed by atoms with Crippen LogP contribution in [0.15, 0.2) is 30.8 Å². The molecule has 0 aliphatic carbocycles. The number of rotatable bonds is 10. The molecule has 0 radical (unpaired) electrons. The highest BCUT2D eigenvalue weighted by atomic mass is 79.9. The average Bonchev–Trinajstić information content (AvgIpc) is 2.52. The zero-order chi connectivity index (χ0) is 18.0. The zero-order valence-electron chi connectivity index (χ0n) is 14.3. The van der Waals surface area contributed by atoms with Gasteiger partial charge in [0.15, 0.2) is 4.51 Å². The third kappa shape index (κ3) is 8.87. The van der Waals surface area contributed by atoms with Crippen molar-refractivity contribution in [3.63, 3.8) is 0 Å². The number of unbranched alkanes of at least 4 members (excludes halogenated alkanes) is 3. The first-order valence-electron chi connectivity index (χ1n) is 8.12. The Morgan fingerprint density at radius 2 is 1.75 bits per heavy atom. The maximum absolute atomic E-state index is 11.8. The molecule has 0 aliphatic rings. The molecule has 4 nitrogen and oxygen atoms in total. The summed E-state index contributed by atoms with van der Waals surface area (Å²) >= 11 is 3.27. The van der Waals surface area contributed by atoms with E-state index in [9.17, 15) is 9.59 Å². The number of halogens is 1. The monoisotopic (exact) mass is 396 g/mol. The predicted octanol–water partition coefficient (Wildman–Crippen LogP) is 5.11. The van der Waals surface area contributed by atoms with E-state index in [0.717, 1.165) is 31.2 Å². The fourth-order valence-corrected chi connectivity index (χ4v) is 2.23. The van der Waals surface area contributed by atoms with E-state index in [4.69, 9.17) is 9.47 Å². The largest absolute Gasteiger partial charge is 0.462 e. The summed E-state index contributed by atoms with van der Waals surface area (Å²) in [5.41, 5.74) is 1.51. The minimum absolute atomic E-state index is 0.203. The van der Waals surface area contributed by atoms with Crippen LogP contribution in [0.25, 0.3) is 6.08 Å². The summed E-state index contributed by atoms with van der Waals surface area (Å²) in [7, 11) is 0. The third-order valence-electron chi connectivity index (χ3n) is 3.25. The van der Waals surface area contributed by atoms with Crippen LogP contribution in [-0.2, 0) is 14.3 Å². The lowest BCUT2D eigenvalue weighted by Gasteiger charge is -2.17. The van der Waals surface area contributed by atoms with Crippen LogP contribution in [0, 0.1) is 0 Å². The minimum atomic E-state index is -0.609. The van der Waals surface area contributed by atoms with Gasteiger partial charge in [-0.1, -0.05) is 37.6 Å². The summed E-state index contributed by atoms with van der Waals surface area (Å²) in [5.74, 6) is -0.514. The third-order valence-corrected chi connectivity index (χ3v) is 3.41. The maximum Gasteiger partial charge on any atom is 0.338 e. The molecule has 1 rings (SSSR count). The molecule has 0 heterocycles. The first-order chi connectivity index (χ1) is 11.3. The van der Waals surface area contributed by atoms with Crippen molar-refractivity contribution in [2.75, 3.05) is 6.61 Å². The van der Waals surface area contributed by atoms with Gasteiger partial charge in [0.05, 0.1) is 12.2 Å². The van der Waals surface area contributed by atoms with Crippen LogP contribution in [0.3, 0.4) is 0 Å². The van der Waals surface area contributed by atoms with E-state index >= 15 is 0 Å². The van der Waals surface area contributed by atoms with Gasteiger partial charge in [0.25, 0.3) is 0 Å². The zero-order valence-corrected chi connectivity index (χ0v) is 15.9. The Hall–Kier alpha value is -1.62. The summed E-state index contributed by atoms with van der Waals surface area (Å²) in [6, 6.07) is 7.13. The van der Waals surface area contributed by atoms with Gasteiger partial charge in [-0.25, -0.2) is 4.79 Å². The highest BCUT2D eigenvalue weighted by Gasteiger charge is 2.17. The lowest BCUT2D eigenvalue weighted by molar-refractivity contribution is -0.149. The van der Waals surface area contributed by atoms with E-state index in [2.05, 4.69) is 22.5 Å². The minimum Gasteiger partial charge on any atom is -0.462 e. The Balaban J connectivity index is 2.10. The molecule has 5 heteroatoms. The van der Waals surface area contributed by atoms with E-state index in [0.29, 0.717) is 18.6 Å². The molecular formula is C19H25BrO4. The van der Waals surface area contributed by atoms with E-state index in [1.54, 1.807) is 32.1 Å². The van der Waals surface area contributed by atoms with Gasteiger partial charge in [-0.3, -0.25) is 4.79 Å². The topological polar surface area (TPSA) is 52.6 Å². The van der Waals surface area contributed by atoms with E-state index in [-0.39, 0.29) is 11.9 Å². The van der Waals surface area contributed by atoms with Crippen molar-refractivity contribution in [2.24, 2.45) is 0 Å². The average molecular weight is 397 g/mol. The second-order valence-corrected chi connectivity index (χ2v) is 7.87. The molecule has 1 aromatic carbocycles. The van der Waals surface area contributed by atoms with Crippen molar-refractivity contribution in [3.8, 4) is 0 Å². The van der Waals surface area contributed by atoms with Crippen molar-refractivity contribution in [1.29, 1.82) is 0 Å². The number of hydrogen-bond acceptors (Lipinski definition) is 4.